The van der Waals surface area contributed by atoms with Gasteiger partial charge in [-0.2, -0.15) is 13.2 Å². The molecule has 0 heterocycles. The predicted molar refractivity (Wildman–Crippen MR) is 98.6 cm³/mol. The first-order valence-corrected chi connectivity index (χ1v) is 8.08. The highest BCUT2D eigenvalue weighted by molar-refractivity contribution is 6.00. The van der Waals surface area contributed by atoms with E-state index in [1.165, 1.54) is 12.1 Å². The third kappa shape index (κ3) is 5.68. The topological polar surface area (TPSA) is 53.2 Å². The number of halogens is 3. The maximum absolute atomic E-state index is 12.7. The monoisotopic (exact) mass is 365 g/mol. The average molecular weight is 365 g/mol. The first kappa shape index (κ1) is 19.6. The quantitative estimate of drug-likeness (QED) is 0.637. The number of aryl methyl sites for hydroxylation is 1. The second-order valence-electron chi connectivity index (χ2n) is 7.06. The van der Waals surface area contributed by atoms with Crippen molar-refractivity contribution in [3.63, 3.8) is 0 Å². The van der Waals surface area contributed by atoms with E-state index in [1.54, 1.807) is 12.1 Å². The number of anilines is 3. The summed E-state index contributed by atoms with van der Waals surface area (Å²) in [5, 5.41) is 8.39. The molecule has 7 heteroatoms. The van der Waals surface area contributed by atoms with E-state index in [4.69, 9.17) is 0 Å². The van der Waals surface area contributed by atoms with Gasteiger partial charge < -0.3 is 16.0 Å². The summed E-state index contributed by atoms with van der Waals surface area (Å²) >= 11 is 0. The Kier molecular flexibility index (Phi) is 5.49. The van der Waals surface area contributed by atoms with Crippen molar-refractivity contribution in [1.29, 1.82) is 0 Å². The zero-order chi connectivity index (χ0) is 19.5. The lowest BCUT2D eigenvalue weighted by molar-refractivity contribution is -0.137. The Morgan fingerprint density at radius 2 is 1.54 bits per heavy atom. The molecule has 140 valence electrons. The van der Waals surface area contributed by atoms with Gasteiger partial charge in [0, 0.05) is 22.6 Å². The van der Waals surface area contributed by atoms with Gasteiger partial charge in [-0.1, -0.05) is 12.1 Å². The van der Waals surface area contributed by atoms with Gasteiger partial charge in [-0.15, -0.1) is 0 Å². The molecule has 0 fully saturated rings. The van der Waals surface area contributed by atoms with Crippen molar-refractivity contribution in [2.24, 2.45) is 0 Å². The molecule has 2 amide bonds. The summed E-state index contributed by atoms with van der Waals surface area (Å²) in [6.07, 6.45) is -4.46. The molecular weight excluding hydrogens is 343 g/mol. The van der Waals surface area contributed by atoms with Crippen molar-refractivity contribution >= 4 is 23.1 Å². The van der Waals surface area contributed by atoms with E-state index in [9.17, 15) is 18.0 Å². The van der Waals surface area contributed by atoms with E-state index < -0.39 is 17.8 Å². The molecule has 26 heavy (non-hydrogen) atoms. The van der Waals surface area contributed by atoms with Gasteiger partial charge >= 0.3 is 12.2 Å². The fraction of sp³-hybridized carbons (Fsp3) is 0.316. The van der Waals surface area contributed by atoms with Crippen LogP contribution in [-0.4, -0.2) is 11.6 Å². The van der Waals surface area contributed by atoms with Gasteiger partial charge in [0.1, 0.15) is 0 Å². The molecule has 2 aromatic carbocycles. The van der Waals surface area contributed by atoms with Gasteiger partial charge in [-0.05, 0) is 63.6 Å². The third-order valence-corrected chi connectivity index (χ3v) is 3.45. The molecule has 0 atom stereocenters. The molecule has 0 aromatic heterocycles. The molecule has 3 N–H and O–H groups in total. The summed E-state index contributed by atoms with van der Waals surface area (Å²) in [5.74, 6) is 0. The van der Waals surface area contributed by atoms with Crippen LogP contribution in [-0.2, 0) is 6.18 Å². The second-order valence-corrected chi connectivity index (χ2v) is 7.06. The van der Waals surface area contributed by atoms with E-state index in [2.05, 4.69) is 16.0 Å². The molecule has 0 aliphatic heterocycles. The van der Waals surface area contributed by atoms with Crippen LogP contribution in [0.4, 0.5) is 35.0 Å². The van der Waals surface area contributed by atoms with Gasteiger partial charge in [-0.3, -0.25) is 0 Å². The molecule has 4 nitrogen and oxygen atoms in total. The Morgan fingerprint density at radius 1 is 0.923 bits per heavy atom. The predicted octanol–water partition coefficient (Wildman–Crippen LogP) is 5.87. The van der Waals surface area contributed by atoms with Gasteiger partial charge in [-0.25, -0.2) is 4.79 Å². The summed E-state index contributed by atoms with van der Waals surface area (Å²) in [6, 6.07) is 9.24. The van der Waals surface area contributed by atoms with Crippen LogP contribution in [0.25, 0.3) is 0 Å². The zero-order valence-electron chi connectivity index (χ0n) is 15.1. The smallest absolute Gasteiger partial charge is 0.380 e. The van der Waals surface area contributed by atoms with Gasteiger partial charge in [0.15, 0.2) is 0 Å². The summed E-state index contributed by atoms with van der Waals surface area (Å²) in [7, 11) is 0. The van der Waals surface area contributed by atoms with Crippen molar-refractivity contribution in [2.45, 2.75) is 39.4 Å². The normalized spacial score (nSPS) is 11.8. The minimum Gasteiger partial charge on any atom is -0.380 e. The third-order valence-electron chi connectivity index (χ3n) is 3.45. The number of rotatable bonds is 3. The maximum atomic E-state index is 12.7. The second kappa shape index (κ2) is 7.27. The Hall–Kier alpha value is -2.70. The lowest BCUT2D eigenvalue weighted by atomic mass is 10.1. The van der Waals surface area contributed by atoms with E-state index in [0.29, 0.717) is 5.69 Å². The molecule has 0 aliphatic rings. The standard InChI is InChI=1S/C19H22F3N3O/c1-12-8-9-15(11-16(12)25-18(2,3)4)24-17(26)23-14-7-5-6-13(10-14)19(20,21)22/h5-11,25H,1-4H3,(H2,23,24,26). The van der Waals surface area contributed by atoms with Crippen molar-refractivity contribution in [1.82, 2.24) is 0 Å². The van der Waals surface area contributed by atoms with Crippen LogP contribution in [0.1, 0.15) is 31.9 Å². The summed E-state index contributed by atoms with van der Waals surface area (Å²) < 4.78 is 38.2. The van der Waals surface area contributed by atoms with Crippen molar-refractivity contribution in [3.05, 3.63) is 53.6 Å². The average Bonchev–Trinajstić information content (AvgIpc) is 2.48. The fourth-order valence-corrected chi connectivity index (χ4v) is 2.31. The number of carbonyl (C=O) groups is 1. The molecule has 0 radical (unpaired) electrons. The number of urea groups is 1. The molecule has 0 saturated carbocycles. The number of benzene rings is 2. The Balaban J connectivity index is 2.10. The Labute approximate surface area is 150 Å². The number of carbonyl (C=O) groups excluding carboxylic acids is 1. The van der Waals surface area contributed by atoms with E-state index in [1.807, 2.05) is 33.8 Å². The molecule has 0 bridgehead atoms. The minimum atomic E-state index is -4.46. The zero-order valence-corrected chi connectivity index (χ0v) is 15.1. The highest BCUT2D eigenvalue weighted by Gasteiger charge is 2.30. The number of nitrogens with one attached hydrogen (secondary N) is 3. The Morgan fingerprint density at radius 3 is 2.12 bits per heavy atom. The lowest BCUT2D eigenvalue weighted by Gasteiger charge is -2.24. The van der Waals surface area contributed by atoms with E-state index >= 15 is 0 Å². The fourth-order valence-electron chi connectivity index (χ4n) is 2.31. The Bertz CT molecular complexity index is 795. The molecule has 0 aliphatic carbocycles. The van der Waals surface area contributed by atoms with E-state index in [-0.39, 0.29) is 11.2 Å². The number of amides is 2. The molecular formula is C19H22F3N3O. The van der Waals surface area contributed by atoms with Crippen molar-refractivity contribution < 1.29 is 18.0 Å². The highest BCUT2D eigenvalue weighted by Crippen LogP contribution is 2.30. The van der Waals surface area contributed by atoms with Crippen LogP contribution in [0, 0.1) is 6.92 Å². The van der Waals surface area contributed by atoms with E-state index in [0.717, 1.165) is 23.4 Å². The first-order chi connectivity index (χ1) is 11.9. The molecule has 0 unspecified atom stereocenters. The lowest BCUT2D eigenvalue weighted by Crippen LogP contribution is -2.26. The van der Waals surface area contributed by atoms with Crippen LogP contribution < -0.4 is 16.0 Å². The van der Waals surface area contributed by atoms with Crippen LogP contribution in [0.3, 0.4) is 0 Å². The molecule has 0 spiro atoms. The van der Waals surface area contributed by atoms with Crippen LogP contribution in [0.2, 0.25) is 0 Å². The maximum Gasteiger partial charge on any atom is 0.416 e. The molecule has 2 aromatic rings. The van der Waals surface area contributed by atoms with Crippen LogP contribution in [0.15, 0.2) is 42.5 Å². The largest absolute Gasteiger partial charge is 0.416 e. The highest BCUT2D eigenvalue weighted by atomic mass is 19.4. The number of hydrogen-bond acceptors (Lipinski definition) is 2. The van der Waals surface area contributed by atoms with Gasteiger partial charge in [0.2, 0.25) is 0 Å². The minimum absolute atomic E-state index is 0.0671. The van der Waals surface area contributed by atoms with Crippen molar-refractivity contribution in [3.8, 4) is 0 Å². The van der Waals surface area contributed by atoms with Crippen molar-refractivity contribution in [2.75, 3.05) is 16.0 Å². The van der Waals surface area contributed by atoms with Gasteiger partial charge in [0.05, 0.1) is 5.56 Å². The first-order valence-electron chi connectivity index (χ1n) is 8.08. The SMILES string of the molecule is Cc1ccc(NC(=O)Nc2cccc(C(F)(F)F)c2)cc1NC(C)(C)C. The number of alkyl halides is 3. The molecule has 2 rings (SSSR count). The van der Waals surface area contributed by atoms with Crippen LogP contribution >= 0.6 is 0 Å². The molecule has 0 saturated heterocycles. The number of hydrogen-bond donors (Lipinski definition) is 3. The van der Waals surface area contributed by atoms with Gasteiger partial charge in [0.25, 0.3) is 0 Å². The summed E-state index contributed by atoms with van der Waals surface area (Å²) in [6.45, 7) is 8.01. The summed E-state index contributed by atoms with van der Waals surface area (Å²) in [4.78, 5) is 12.1. The van der Waals surface area contributed by atoms with Crippen LogP contribution in [0.5, 0.6) is 0 Å². The summed E-state index contributed by atoms with van der Waals surface area (Å²) in [5.41, 5.74) is 1.52.